The van der Waals surface area contributed by atoms with Gasteiger partial charge in [0.1, 0.15) is 0 Å². The molecule has 1 N–H and O–H groups in total. The quantitative estimate of drug-likeness (QED) is 0.883. The van der Waals surface area contributed by atoms with Gasteiger partial charge in [-0.2, -0.15) is 0 Å². The first-order valence-electron chi connectivity index (χ1n) is 6.68. The minimum atomic E-state index is 0.336. The number of pyridine rings is 1. The Morgan fingerprint density at radius 1 is 1.53 bits per heavy atom. The van der Waals surface area contributed by atoms with Crippen LogP contribution in [-0.2, 0) is 6.42 Å². The fourth-order valence-electron chi connectivity index (χ4n) is 2.72. The second kappa shape index (κ2) is 5.73. The van der Waals surface area contributed by atoms with Crippen molar-refractivity contribution in [3.63, 3.8) is 0 Å². The van der Waals surface area contributed by atoms with E-state index >= 15 is 0 Å². The molecule has 4 heteroatoms. The van der Waals surface area contributed by atoms with E-state index in [2.05, 4.69) is 45.3 Å². The predicted octanol–water partition coefficient (Wildman–Crippen LogP) is 4.63. The molecule has 2 heterocycles. The number of halogens is 1. The van der Waals surface area contributed by atoms with Crippen LogP contribution in [0.2, 0.25) is 0 Å². The molecule has 19 heavy (non-hydrogen) atoms. The van der Waals surface area contributed by atoms with E-state index < -0.39 is 0 Å². The van der Waals surface area contributed by atoms with Crippen LogP contribution in [0.25, 0.3) is 0 Å². The van der Waals surface area contributed by atoms with Crippen LogP contribution in [0.3, 0.4) is 0 Å². The number of rotatable bonds is 3. The lowest BCUT2D eigenvalue weighted by Gasteiger charge is -2.27. The first-order chi connectivity index (χ1) is 9.24. The summed E-state index contributed by atoms with van der Waals surface area (Å²) in [6, 6.07) is 7.23. The SMILES string of the molecule is C[C@@H](NC1CCCc2sc(Br)cc21)c1cccnc1. The molecule has 1 aliphatic carbocycles. The lowest BCUT2D eigenvalue weighted by Crippen LogP contribution is -2.27. The van der Waals surface area contributed by atoms with E-state index in [1.165, 1.54) is 39.1 Å². The molecule has 1 unspecified atom stereocenters. The maximum atomic E-state index is 4.20. The number of hydrogen-bond donors (Lipinski definition) is 1. The first-order valence-corrected chi connectivity index (χ1v) is 8.29. The van der Waals surface area contributed by atoms with Crippen LogP contribution in [0.4, 0.5) is 0 Å². The molecule has 0 aliphatic heterocycles. The molecule has 3 rings (SSSR count). The van der Waals surface area contributed by atoms with Crippen LogP contribution in [-0.4, -0.2) is 4.98 Å². The molecular weight excluding hydrogens is 320 g/mol. The van der Waals surface area contributed by atoms with Gasteiger partial charge in [-0.15, -0.1) is 11.3 Å². The van der Waals surface area contributed by atoms with E-state index in [4.69, 9.17) is 0 Å². The van der Waals surface area contributed by atoms with Gasteiger partial charge >= 0.3 is 0 Å². The molecule has 100 valence electrons. The van der Waals surface area contributed by atoms with Gasteiger partial charge in [-0.25, -0.2) is 0 Å². The van der Waals surface area contributed by atoms with Gasteiger partial charge < -0.3 is 5.32 Å². The third kappa shape index (κ3) is 2.91. The summed E-state index contributed by atoms with van der Waals surface area (Å²) in [6.07, 6.45) is 7.50. The second-order valence-electron chi connectivity index (χ2n) is 5.05. The molecule has 2 aromatic rings. The lowest BCUT2D eigenvalue weighted by atomic mass is 9.93. The minimum absolute atomic E-state index is 0.336. The Hall–Kier alpha value is -0.710. The molecular formula is C15H17BrN2S. The number of nitrogens with one attached hydrogen (secondary N) is 1. The number of nitrogens with zero attached hydrogens (tertiary/aromatic N) is 1. The van der Waals surface area contributed by atoms with E-state index in [1.807, 2.05) is 29.8 Å². The first kappa shape index (κ1) is 13.3. The number of fused-ring (bicyclic) bond motifs is 1. The third-order valence-electron chi connectivity index (χ3n) is 3.72. The van der Waals surface area contributed by atoms with Crippen molar-refractivity contribution >= 4 is 27.3 Å². The summed E-state index contributed by atoms with van der Waals surface area (Å²) in [7, 11) is 0. The van der Waals surface area contributed by atoms with Crippen LogP contribution in [0, 0.1) is 0 Å². The largest absolute Gasteiger partial charge is 0.303 e. The highest BCUT2D eigenvalue weighted by Crippen LogP contribution is 2.38. The molecule has 0 saturated carbocycles. The zero-order valence-corrected chi connectivity index (χ0v) is 13.3. The Morgan fingerprint density at radius 3 is 3.21 bits per heavy atom. The normalized spacial score (nSPS) is 20.0. The van der Waals surface area contributed by atoms with E-state index in [1.54, 1.807) is 0 Å². The standard InChI is InChI=1S/C15H17BrN2S/c1-10(11-4-3-7-17-9-11)18-13-5-2-6-14-12(13)8-15(16)19-14/h3-4,7-10,13,18H,2,5-6H2,1H3/t10-,13?/m1/s1. The Labute approximate surface area is 126 Å². The molecule has 1 aliphatic rings. The summed E-state index contributed by atoms with van der Waals surface area (Å²) in [4.78, 5) is 5.74. The predicted molar refractivity (Wildman–Crippen MR) is 83.5 cm³/mol. The fourth-order valence-corrected chi connectivity index (χ4v) is 4.54. The highest BCUT2D eigenvalue weighted by Gasteiger charge is 2.24. The molecule has 0 aromatic carbocycles. The third-order valence-corrected chi connectivity index (χ3v) is 5.43. The smallest absolute Gasteiger partial charge is 0.0704 e. The number of hydrogen-bond acceptors (Lipinski definition) is 3. The van der Waals surface area contributed by atoms with Crippen LogP contribution >= 0.6 is 27.3 Å². The van der Waals surface area contributed by atoms with Gasteiger partial charge in [0.2, 0.25) is 0 Å². The molecule has 0 bridgehead atoms. The van der Waals surface area contributed by atoms with Crippen molar-refractivity contribution in [3.8, 4) is 0 Å². The van der Waals surface area contributed by atoms with Crippen molar-refractivity contribution in [1.82, 2.24) is 10.3 Å². The molecule has 0 fully saturated rings. The maximum absolute atomic E-state index is 4.20. The maximum Gasteiger partial charge on any atom is 0.0704 e. The zero-order chi connectivity index (χ0) is 13.2. The van der Waals surface area contributed by atoms with Crippen molar-refractivity contribution in [1.29, 1.82) is 0 Å². The van der Waals surface area contributed by atoms with Crippen LogP contribution < -0.4 is 5.32 Å². The summed E-state index contributed by atoms with van der Waals surface area (Å²) in [5.74, 6) is 0. The molecule has 2 aromatic heterocycles. The van der Waals surface area contributed by atoms with Crippen molar-refractivity contribution in [2.75, 3.05) is 0 Å². The van der Waals surface area contributed by atoms with Crippen LogP contribution in [0.15, 0.2) is 34.4 Å². The Kier molecular flexibility index (Phi) is 4.01. The van der Waals surface area contributed by atoms with Gasteiger partial charge in [0.15, 0.2) is 0 Å². The molecule has 2 nitrogen and oxygen atoms in total. The fraction of sp³-hybridized carbons (Fsp3) is 0.400. The van der Waals surface area contributed by atoms with E-state index in [9.17, 15) is 0 Å². The molecule has 0 saturated heterocycles. The van der Waals surface area contributed by atoms with Gasteiger partial charge in [-0.3, -0.25) is 4.98 Å². The highest BCUT2D eigenvalue weighted by molar-refractivity contribution is 9.11. The zero-order valence-electron chi connectivity index (χ0n) is 10.9. The topological polar surface area (TPSA) is 24.9 Å². The molecule has 0 amide bonds. The van der Waals surface area contributed by atoms with Crippen molar-refractivity contribution in [2.45, 2.75) is 38.3 Å². The molecule has 0 spiro atoms. The summed E-state index contributed by atoms with van der Waals surface area (Å²) in [5.41, 5.74) is 2.74. The van der Waals surface area contributed by atoms with Crippen molar-refractivity contribution in [3.05, 3.63) is 50.4 Å². The highest BCUT2D eigenvalue weighted by atomic mass is 79.9. The van der Waals surface area contributed by atoms with Crippen molar-refractivity contribution in [2.24, 2.45) is 0 Å². The second-order valence-corrected chi connectivity index (χ2v) is 7.56. The minimum Gasteiger partial charge on any atom is -0.303 e. The summed E-state index contributed by atoms with van der Waals surface area (Å²) < 4.78 is 1.25. The van der Waals surface area contributed by atoms with Crippen molar-refractivity contribution < 1.29 is 0 Å². The molecule has 2 atom stereocenters. The number of aromatic nitrogens is 1. The number of aryl methyl sites for hydroxylation is 1. The van der Waals surface area contributed by atoms with Gasteiger partial charge in [0.05, 0.1) is 3.79 Å². The van der Waals surface area contributed by atoms with E-state index in [0.717, 1.165) is 0 Å². The van der Waals surface area contributed by atoms with Crippen LogP contribution in [0.5, 0.6) is 0 Å². The average molecular weight is 337 g/mol. The monoisotopic (exact) mass is 336 g/mol. The van der Waals surface area contributed by atoms with E-state index in [-0.39, 0.29) is 0 Å². The van der Waals surface area contributed by atoms with Gasteiger partial charge in [-0.1, -0.05) is 6.07 Å². The summed E-state index contributed by atoms with van der Waals surface area (Å²) in [5, 5.41) is 3.75. The number of thiophene rings is 1. The van der Waals surface area contributed by atoms with E-state index in [0.29, 0.717) is 12.1 Å². The summed E-state index contributed by atoms with van der Waals surface area (Å²) in [6.45, 7) is 2.21. The van der Waals surface area contributed by atoms with Gasteiger partial charge in [-0.05, 0) is 65.4 Å². The Bertz CT molecular complexity index is 553. The van der Waals surface area contributed by atoms with Gasteiger partial charge in [0, 0.05) is 29.4 Å². The molecule has 0 radical (unpaired) electrons. The lowest BCUT2D eigenvalue weighted by molar-refractivity contribution is 0.418. The average Bonchev–Trinajstić information content (AvgIpc) is 2.81. The Balaban J connectivity index is 1.77. The summed E-state index contributed by atoms with van der Waals surface area (Å²) >= 11 is 5.49. The Morgan fingerprint density at radius 2 is 2.42 bits per heavy atom. The van der Waals surface area contributed by atoms with Gasteiger partial charge in [0.25, 0.3) is 0 Å². The van der Waals surface area contributed by atoms with Crippen LogP contribution in [0.1, 0.15) is 47.9 Å².